The van der Waals surface area contributed by atoms with Gasteiger partial charge in [-0.2, -0.15) is 0 Å². The molecule has 1 N–H and O–H groups in total. The van der Waals surface area contributed by atoms with E-state index in [0.29, 0.717) is 5.84 Å². The first kappa shape index (κ1) is 30.0. The maximum Gasteiger partial charge on any atom is 0.159 e. The van der Waals surface area contributed by atoms with Gasteiger partial charge in [0.25, 0.3) is 0 Å². The zero-order chi connectivity index (χ0) is 33.2. The lowest BCUT2D eigenvalue weighted by atomic mass is 9.97. The Morgan fingerprint density at radius 1 is 0.571 bits per heavy atom. The van der Waals surface area contributed by atoms with Crippen LogP contribution in [0, 0.1) is 0 Å². The average molecular weight is 630 g/mol. The number of benzene rings is 7. The maximum absolute atomic E-state index is 5.22. The van der Waals surface area contributed by atoms with E-state index in [1.54, 1.807) is 0 Å². The molecule has 0 saturated carbocycles. The van der Waals surface area contributed by atoms with E-state index in [1.807, 2.05) is 25.1 Å². The van der Waals surface area contributed by atoms with Gasteiger partial charge in [0.05, 0.1) is 0 Å². The highest BCUT2D eigenvalue weighted by Gasteiger charge is 2.22. The minimum atomic E-state index is -0.364. The Balaban J connectivity index is 1.22. The number of fused-ring (bicyclic) bond motifs is 2. The van der Waals surface area contributed by atoms with Gasteiger partial charge in [-0.05, 0) is 61.2 Å². The van der Waals surface area contributed by atoms with E-state index in [1.165, 1.54) is 38.2 Å². The average Bonchev–Trinajstić information content (AvgIpc) is 3.17. The van der Waals surface area contributed by atoms with Gasteiger partial charge >= 0.3 is 0 Å². The molecule has 0 radical (unpaired) electrons. The van der Waals surface area contributed by atoms with Gasteiger partial charge in [0.15, 0.2) is 5.84 Å². The third-order valence-corrected chi connectivity index (χ3v) is 9.21. The van der Waals surface area contributed by atoms with E-state index in [9.17, 15) is 0 Å². The molecule has 1 unspecified atom stereocenters. The Morgan fingerprint density at radius 2 is 1.08 bits per heavy atom. The van der Waals surface area contributed by atoms with Crippen molar-refractivity contribution in [2.75, 3.05) is 0 Å². The summed E-state index contributed by atoms with van der Waals surface area (Å²) in [6.45, 7) is 6.37. The lowest BCUT2D eigenvalue weighted by Crippen LogP contribution is -2.42. The highest BCUT2D eigenvalue weighted by Crippen LogP contribution is 2.31. The third kappa shape index (κ3) is 5.88. The van der Waals surface area contributed by atoms with Gasteiger partial charge in [0.2, 0.25) is 0 Å². The van der Waals surface area contributed by atoms with Crippen LogP contribution in [0.4, 0.5) is 0 Å². The number of rotatable bonds is 6. The second-order valence-electron chi connectivity index (χ2n) is 12.3. The molecule has 1 atom stereocenters. The lowest BCUT2D eigenvalue weighted by Gasteiger charge is -2.25. The summed E-state index contributed by atoms with van der Waals surface area (Å²) in [6, 6.07) is 55.5. The summed E-state index contributed by atoms with van der Waals surface area (Å²) in [4.78, 5) is 10.4. The van der Waals surface area contributed by atoms with Crippen LogP contribution < -0.4 is 15.8 Å². The van der Waals surface area contributed by atoms with Gasteiger partial charge in [-0.1, -0.05) is 176 Å². The molecule has 0 fully saturated rings. The Labute approximate surface area is 286 Å². The van der Waals surface area contributed by atoms with Crippen molar-refractivity contribution in [1.29, 1.82) is 0 Å². The van der Waals surface area contributed by atoms with Crippen LogP contribution in [0.3, 0.4) is 0 Å². The zero-order valence-corrected chi connectivity index (χ0v) is 27.3. The molecule has 234 valence electrons. The van der Waals surface area contributed by atoms with Crippen molar-refractivity contribution in [3.05, 3.63) is 191 Å². The van der Waals surface area contributed by atoms with Crippen LogP contribution in [0.2, 0.25) is 0 Å². The summed E-state index contributed by atoms with van der Waals surface area (Å²) in [5.41, 5.74) is 7.74. The van der Waals surface area contributed by atoms with Crippen LogP contribution in [0.25, 0.3) is 56.0 Å². The summed E-state index contributed by atoms with van der Waals surface area (Å²) in [7, 11) is 0. The molecule has 0 saturated heterocycles. The van der Waals surface area contributed by atoms with Crippen molar-refractivity contribution in [1.82, 2.24) is 5.32 Å². The third-order valence-electron chi connectivity index (χ3n) is 9.21. The molecule has 0 aliphatic carbocycles. The first-order valence-electron chi connectivity index (χ1n) is 16.7. The summed E-state index contributed by atoms with van der Waals surface area (Å²) in [5, 5.41) is 10.6. The number of aliphatic imine (C=N–C) groups is 2. The lowest BCUT2D eigenvalue weighted by molar-refractivity contribution is 0.774. The summed E-state index contributed by atoms with van der Waals surface area (Å²) in [5.74, 6) is 1.46. The molecule has 0 bridgehead atoms. The minimum Gasteiger partial charge on any atom is -0.344 e. The van der Waals surface area contributed by atoms with Gasteiger partial charge in [-0.25, -0.2) is 9.98 Å². The van der Waals surface area contributed by atoms with Crippen LogP contribution in [0.5, 0.6) is 0 Å². The molecule has 0 amide bonds. The summed E-state index contributed by atoms with van der Waals surface area (Å²) in [6.07, 6.45) is 3.82. The standard InChI is InChI=1S/C46H35N3/c1-3-12-43(38-18-7-4-13-31(38)2)46-48-44(36-27-23-34(24-28-36)41-21-10-16-32-14-5-8-19-39(32)41)47-45(49-46)37-29-25-35(26-30-37)42-22-11-17-33-15-6-9-20-40(33)42/h3-30,46H,2H2,1H3,(H,47,48,49)/b12-3-,43-38+. The van der Waals surface area contributed by atoms with Gasteiger partial charge in [0, 0.05) is 16.7 Å². The van der Waals surface area contributed by atoms with Crippen LogP contribution in [0.1, 0.15) is 18.1 Å². The highest BCUT2D eigenvalue weighted by atomic mass is 15.2. The molecule has 7 aromatic carbocycles. The molecule has 49 heavy (non-hydrogen) atoms. The Morgan fingerprint density at radius 3 is 1.67 bits per heavy atom. The van der Waals surface area contributed by atoms with Crippen molar-refractivity contribution in [3.63, 3.8) is 0 Å². The van der Waals surface area contributed by atoms with Crippen LogP contribution in [-0.4, -0.2) is 17.8 Å². The fourth-order valence-electron chi connectivity index (χ4n) is 6.76. The van der Waals surface area contributed by atoms with Crippen molar-refractivity contribution in [2.45, 2.75) is 13.1 Å². The number of amidine groups is 2. The minimum absolute atomic E-state index is 0.364. The van der Waals surface area contributed by atoms with Crippen LogP contribution in [0.15, 0.2) is 180 Å². The molecule has 3 heteroatoms. The molecule has 8 rings (SSSR count). The van der Waals surface area contributed by atoms with Crippen molar-refractivity contribution in [2.24, 2.45) is 9.98 Å². The second kappa shape index (κ2) is 13.1. The smallest absolute Gasteiger partial charge is 0.159 e. The monoisotopic (exact) mass is 629 g/mol. The van der Waals surface area contributed by atoms with Gasteiger partial charge in [-0.15, -0.1) is 0 Å². The van der Waals surface area contributed by atoms with E-state index in [0.717, 1.165) is 38.5 Å². The normalized spacial score (nSPS) is 15.2. The largest absolute Gasteiger partial charge is 0.344 e. The highest BCUT2D eigenvalue weighted by molar-refractivity contribution is 6.14. The number of hydrogen-bond donors (Lipinski definition) is 1. The predicted octanol–water partition coefficient (Wildman–Crippen LogP) is 9.29. The molecule has 7 aromatic rings. The SMILES string of the molecule is C=c1cccc/c1=C(/C=C\C)C1N=C(c2ccc(-c3cccc4ccccc34)cc2)N=C(c2ccc(-c3cccc4ccccc34)cc2)N1. The summed E-state index contributed by atoms with van der Waals surface area (Å²) >= 11 is 0. The Bertz CT molecular complexity index is 2530. The maximum atomic E-state index is 5.22. The van der Waals surface area contributed by atoms with E-state index in [2.05, 4.69) is 164 Å². The summed E-state index contributed by atoms with van der Waals surface area (Å²) < 4.78 is 0. The van der Waals surface area contributed by atoms with Crippen LogP contribution in [-0.2, 0) is 0 Å². The Kier molecular flexibility index (Phi) is 8.01. The Hall–Kier alpha value is -6.32. The number of nitrogens with one attached hydrogen (secondary N) is 1. The number of hydrogen-bond acceptors (Lipinski definition) is 3. The molecular formula is C46H35N3. The zero-order valence-electron chi connectivity index (χ0n) is 27.3. The molecular weight excluding hydrogens is 595 g/mol. The van der Waals surface area contributed by atoms with E-state index < -0.39 is 0 Å². The molecule has 1 heterocycles. The van der Waals surface area contributed by atoms with Gasteiger partial charge < -0.3 is 5.32 Å². The van der Waals surface area contributed by atoms with E-state index in [4.69, 9.17) is 9.98 Å². The molecule has 1 aliphatic rings. The number of allylic oxidation sites excluding steroid dienone is 1. The predicted molar refractivity (Wildman–Crippen MR) is 208 cm³/mol. The molecule has 0 spiro atoms. The van der Waals surface area contributed by atoms with E-state index >= 15 is 0 Å². The van der Waals surface area contributed by atoms with Crippen molar-refractivity contribution >= 4 is 45.4 Å². The van der Waals surface area contributed by atoms with Gasteiger partial charge in [0.1, 0.15) is 12.0 Å². The molecule has 3 nitrogen and oxygen atoms in total. The topological polar surface area (TPSA) is 36.8 Å². The fourth-order valence-corrected chi connectivity index (χ4v) is 6.76. The van der Waals surface area contributed by atoms with E-state index in [-0.39, 0.29) is 6.17 Å². The quantitative estimate of drug-likeness (QED) is 0.196. The van der Waals surface area contributed by atoms with Crippen molar-refractivity contribution in [3.8, 4) is 22.3 Å². The molecule has 0 aromatic heterocycles. The van der Waals surface area contributed by atoms with Crippen LogP contribution >= 0.6 is 0 Å². The van der Waals surface area contributed by atoms with Gasteiger partial charge in [-0.3, -0.25) is 0 Å². The fraction of sp³-hybridized carbons (Fsp3) is 0.0435. The second-order valence-corrected chi connectivity index (χ2v) is 12.3. The number of nitrogens with zero attached hydrogens (tertiary/aromatic N) is 2. The first-order valence-corrected chi connectivity index (χ1v) is 16.7. The molecule has 1 aliphatic heterocycles. The van der Waals surface area contributed by atoms with Crippen molar-refractivity contribution < 1.29 is 0 Å². The first-order chi connectivity index (χ1) is 24.2.